The summed E-state index contributed by atoms with van der Waals surface area (Å²) in [6.07, 6.45) is 4.49. The van der Waals surface area contributed by atoms with Gasteiger partial charge in [-0.3, -0.25) is 0 Å². The Bertz CT molecular complexity index is 613. The molecule has 2 aromatic rings. The first-order valence-corrected chi connectivity index (χ1v) is 9.28. The first kappa shape index (κ1) is 17.5. The van der Waals surface area contributed by atoms with Gasteiger partial charge in [0.05, 0.1) is 6.10 Å². The van der Waals surface area contributed by atoms with Gasteiger partial charge in [-0.1, -0.05) is 54.1 Å². The standard InChI is InChI=1S/C21H26ClNO/c22-20-12-10-19(11-13-20)21(24)16-23-14-4-7-18(15-23)9-8-17-5-2-1-3-6-17/h1-3,5-6,10-13,18,21,24H,4,7-9,14-16H2/t18-,21?/m0/s1. The number of aryl methyl sites for hydroxylation is 1. The molecule has 0 aromatic heterocycles. The SMILES string of the molecule is OC(CN1CCC[C@@H](CCc2ccccc2)C1)c1ccc(Cl)cc1. The lowest BCUT2D eigenvalue weighted by atomic mass is 9.91. The average Bonchev–Trinajstić information content (AvgIpc) is 2.62. The van der Waals surface area contributed by atoms with Crippen LogP contribution in [0.2, 0.25) is 5.02 Å². The summed E-state index contributed by atoms with van der Waals surface area (Å²) in [6, 6.07) is 18.3. The number of halogens is 1. The predicted molar refractivity (Wildman–Crippen MR) is 100 cm³/mol. The zero-order valence-corrected chi connectivity index (χ0v) is 14.8. The van der Waals surface area contributed by atoms with Crippen molar-refractivity contribution in [1.82, 2.24) is 4.90 Å². The van der Waals surface area contributed by atoms with Crippen LogP contribution in [0.1, 0.15) is 36.5 Å². The number of likely N-dealkylation sites (tertiary alicyclic amines) is 1. The van der Waals surface area contributed by atoms with E-state index in [1.165, 1.54) is 24.8 Å². The highest BCUT2D eigenvalue weighted by Crippen LogP contribution is 2.24. The van der Waals surface area contributed by atoms with Crippen LogP contribution < -0.4 is 0 Å². The van der Waals surface area contributed by atoms with E-state index in [0.717, 1.165) is 31.0 Å². The number of aliphatic hydroxyl groups is 1. The van der Waals surface area contributed by atoms with Crippen LogP contribution in [-0.2, 0) is 6.42 Å². The molecule has 0 bridgehead atoms. The Hall–Kier alpha value is -1.35. The minimum Gasteiger partial charge on any atom is -0.387 e. The van der Waals surface area contributed by atoms with Crippen molar-refractivity contribution in [3.05, 3.63) is 70.7 Å². The van der Waals surface area contributed by atoms with Gasteiger partial charge in [0.2, 0.25) is 0 Å². The number of aliphatic hydroxyl groups excluding tert-OH is 1. The second-order valence-electron chi connectivity index (χ2n) is 6.86. The van der Waals surface area contributed by atoms with Crippen LogP contribution in [-0.4, -0.2) is 29.6 Å². The molecule has 2 atom stereocenters. The van der Waals surface area contributed by atoms with Crippen LogP contribution in [0.3, 0.4) is 0 Å². The molecule has 2 nitrogen and oxygen atoms in total. The molecule has 1 heterocycles. The van der Waals surface area contributed by atoms with Crippen molar-refractivity contribution in [3.8, 4) is 0 Å². The van der Waals surface area contributed by atoms with E-state index in [9.17, 15) is 5.11 Å². The Balaban J connectivity index is 1.49. The van der Waals surface area contributed by atoms with Crippen LogP contribution in [0.5, 0.6) is 0 Å². The molecule has 0 aliphatic carbocycles. The molecule has 1 aliphatic heterocycles. The van der Waals surface area contributed by atoms with Crippen molar-refractivity contribution in [2.45, 2.75) is 31.8 Å². The van der Waals surface area contributed by atoms with Crippen LogP contribution in [0.25, 0.3) is 0 Å². The number of rotatable bonds is 6. The van der Waals surface area contributed by atoms with Gasteiger partial charge in [0.1, 0.15) is 0 Å². The third-order valence-electron chi connectivity index (χ3n) is 4.97. The van der Waals surface area contributed by atoms with E-state index in [1.807, 2.05) is 24.3 Å². The highest BCUT2D eigenvalue weighted by atomic mass is 35.5. The summed E-state index contributed by atoms with van der Waals surface area (Å²) < 4.78 is 0. The summed E-state index contributed by atoms with van der Waals surface area (Å²) in [5.41, 5.74) is 2.38. The summed E-state index contributed by atoms with van der Waals surface area (Å²) in [5.74, 6) is 0.733. The average molecular weight is 344 g/mol. The summed E-state index contributed by atoms with van der Waals surface area (Å²) in [4.78, 5) is 2.42. The molecular weight excluding hydrogens is 318 g/mol. The predicted octanol–water partition coefficient (Wildman–Crippen LogP) is 4.72. The quantitative estimate of drug-likeness (QED) is 0.820. The van der Waals surface area contributed by atoms with Crippen molar-refractivity contribution >= 4 is 11.6 Å². The molecular formula is C21H26ClNO. The van der Waals surface area contributed by atoms with Gasteiger partial charge in [0, 0.05) is 18.1 Å². The molecule has 0 radical (unpaired) electrons. The van der Waals surface area contributed by atoms with Crippen LogP contribution in [0.4, 0.5) is 0 Å². The van der Waals surface area contributed by atoms with Gasteiger partial charge in [0.25, 0.3) is 0 Å². The van der Waals surface area contributed by atoms with E-state index in [-0.39, 0.29) is 0 Å². The van der Waals surface area contributed by atoms with Gasteiger partial charge in [-0.25, -0.2) is 0 Å². The van der Waals surface area contributed by atoms with Crippen molar-refractivity contribution in [3.63, 3.8) is 0 Å². The first-order chi connectivity index (χ1) is 11.7. The van der Waals surface area contributed by atoms with E-state index < -0.39 is 6.10 Å². The van der Waals surface area contributed by atoms with Gasteiger partial charge in [-0.2, -0.15) is 0 Å². The van der Waals surface area contributed by atoms with E-state index in [1.54, 1.807) is 0 Å². The molecule has 0 saturated carbocycles. The largest absolute Gasteiger partial charge is 0.387 e. The summed E-state index contributed by atoms with van der Waals surface area (Å²) >= 11 is 5.92. The highest BCUT2D eigenvalue weighted by Gasteiger charge is 2.22. The Labute approximate surface area is 150 Å². The molecule has 2 aromatic carbocycles. The molecule has 24 heavy (non-hydrogen) atoms. The maximum Gasteiger partial charge on any atom is 0.0916 e. The normalized spacial score (nSPS) is 20.0. The summed E-state index contributed by atoms with van der Waals surface area (Å²) in [6.45, 7) is 2.90. The molecule has 1 N–H and O–H groups in total. The minimum absolute atomic E-state index is 0.435. The topological polar surface area (TPSA) is 23.5 Å². The molecule has 1 fully saturated rings. The van der Waals surface area contributed by atoms with E-state index >= 15 is 0 Å². The van der Waals surface area contributed by atoms with Crippen LogP contribution in [0, 0.1) is 5.92 Å². The molecule has 1 unspecified atom stereocenters. The van der Waals surface area contributed by atoms with E-state index in [4.69, 9.17) is 11.6 Å². The highest BCUT2D eigenvalue weighted by molar-refractivity contribution is 6.30. The third-order valence-corrected chi connectivity index (χ3v) is 5.23. The Morgan fingerprint density at radius 3 is 2.58 bits per heavy atom. The van der Waals surface area contributed by atoms with Crippen molar-refractivity contribution in [1.29, 1.82) is 0 Å². The smallest absolute Gasteiger partial charge is 0.0916 e. The minimum atomic E-state index is -0.435. The summed E-state index contributed by atoms with van der Waals surface area (Å²) in [7, 11) is 0. The number of hydrogen-bond acceptors (Lipinski definition) is 2. The van der Waals surface area contributed by atoms with Gasteiger partial charge in [0.15, 0.2) is 0 Å². The van der Waals surface area contributed by atoms with Crippen LogP contribution in [0.15, 0.2) is 54.6 Å². The van der Waals surface area contributed by atoms with Crippen molar-refractivity contribution < 1.29 is 5.11 Å². The van der Waals surface area contributed by atoms with Crippen molar-refractivity contribution in [2.75, 3.05) is 19.6 Å². The molecule has 3 heteroatoms. The lowest BCUT2D eigenvalue weighted by molar-refractivity contribution is 0.0827. The zero-order chi connectivity index (χ0) is 16.8. The fourth-order valence-corrected chi connectivity index (χ4v) is 3.73. The second-order valence-corrected chi connectivity index (χ2v) is 7.30. The fourth-order valence-electron chi connectivity index (χ4n) is 3.60. The van der Waals surface area contributed by atoms with Gasteiger partial charge in [-0.15, -0.1) is 0 Å². The van der Waals surface area contributed by atoms with Gasteiger partial charge < -0.3 is 10.0 Å². The number of hydrogen-bond donors (Lipinski definition) is 1. The number of piperidine rings is 1. The summed E-state index contributed by atoms with van der Waals surface area (Å²) in [5, 5.41) is 11.2. The molecule has 128 valence electrons. The number of nitrogens with zero attached hydrogens (tertiary/aromatic N) is 1. The maximum absolute atomic E-state index is 10.5. The number of benzene rings is 2. The van der Waals surface area contributed by atoms with E-state index in [2.05, 4.69) is 35.2 Å². The third kappa shape index (κ3) is 5.07. The second kappa shape index (κ2) is 8.66. The van der Waals surface area contributed by atoms with Crippen LogP contribution >= 0.6 is 11.6 Å². The maximum atomic E-state index is 10.5. The lowest BCUT2D eigenvalue weighted by Gasteiger charge is -2.34. The Morgan fingerprint density at radius 1 is 1.08 bits per heavy atom. The lowest BCUT2D eigenvalue weighted by Crippen LogP contribution is -2.38. The molecule has 1 aliphatic rings. The van der Waals surface area contributed by atoms with Gasteiger partial charge >= 0.3 is 0 Å². The Morgan fingerprint density at radius 2 is 1.83 bits per heavy atom. The molecule has 0 amide bonds. The zero-order valence-electron chi connectivity index (χ0n) is 14.1. The number of β-amino-alcohol motifs (C(OH)–C–C–N with tert-alkyl or cyclic N) is 1. The fraction of sp³-hybridized carbons (Fsp3) is 0.429. The van der Waals surface area contributed by atoms with Gasteiger partial charge in [-0.05, 0) is 61.4 Å². The van der Waals surface area contributed by atoms with Crippen molar-refractivity contribution in [2.24, 2.45) is 5.92 Å². The molecule has 0 spiro atoms. The van der Waals surface area contributed by atoms with E-state index in [0.29, 0.717) is 11.6 Å². The molecule has 1 saturated heterocycles. The molecule has 3 rings (SSSR count). The monoisotopic (exact) mass is 343 g/mol. The first-order valence-electron chi connectivity index (χ1n) is 8.90. The Kier molecular flexibility index (Phi) is 6.30.